The van der Waals surface area contributed by atoms with E-state index in [-0.39, 0.29) is 11.5 Å². The number of amides is 1. The van der Waals surface area contributed by atoms with Crippen molar-refractivity contribution in [3.63, 3.8) is 0 Å². The van der Waals surface area contributed by atoms with E-state index in [1.807, 2.05) is 43.3 Å². The summed E-state index contributed by atoms with van der Waals surface area (Å²) < 4.78 is 1.58. The highest BCUT2D eigenvalue weighted by molar-refractivity contribution is 5.80. The van der Waals surface area contributed by atoms with Gasteiger partial charge in [-0.15, -0.1) is 0 Å². The number of nitrogens with one attached hydrogen (secondary N) is 2. The van der Waals surface area contributed by atoms with E-state index in [1.54, 1.807) is 17.0 Å². The lowest BCUT2D eigenvalue weighted by Gasteiger charge is -2.08. The zero-order valence-electron chi connectivity index (χ0n) is 17.0. The number of aryl methyl sites for hydroxylation is 3. The van der Waals surface area contributed by atoms with Crippen LogP contribution in [-0.2, 0) is 17.8 Å². The van der Waals surface area contributed by atoms with E-state index in [4.69, 9.17) is 0 Å². The standard InChI is InChI=1S/C23H25N5O2/c1-16-7-4-8-17-22(16)25-15-28(23(17)30)14-6-12-21(29)24-13-5-11-20-26-18-9-2-3-10-19(18)27-20/h2-4,7-10,15H,5-6,11-14H2,1H3,(H,24,29)(H,26,27). The van der Waals surface area contributed by atoms with Gasteiger partial charge in [0, 0.05) is 25.9 Å². The first-order chi connectivity index (χ1) is 14.6. The fourth-order valence-electron chi connectivity index (χ4n) is 3.60. The van der Waals surface area contributed by atoms with Crippen LogP contribution in [-0.4, -0.2) is 32.0 Å². The number of aromatic amines is 1. The number of nitrogens with zero attached hydrogens (tertiary/aromatic N) is 3. The van der Waals surface area contributed by atoms with Gasteiger partial charge in [0.25, 0.3) is 5.56 Å². The van der Waals surface area contributed by atoms with Gasteiger partial charge in [0.2, 0.25) is 5.91 Å². The zero-order chi connectivity index (χ0) is 20.9. The summed E-state index contributed by atoms with van der Waals surface area (Å²) in [6.07, 6.45) is 4.14. The van der Waals surface area contributed by atoms with Crippen molar-refractivity contribution in [1.82, 2.24) is 24.8 Å². The van der Waals surface area contributed by atoms with Crippen LogP contribution in [0, 0.1) is 6.92 Å². The van der Waals surface area contributed by atoms with E-state index in [9.17, 15) is 9.59 Å². The van der Waals surface area contributed by atoms with Crippen LogP contribution in [0.3, 0.4) is 0 Å². The smallest absolute Gasteiger partial charge is 0.261 e. The van der Waals surface area contributed by atoms with Crippen molar-refractivity contribution in [2.45, 2.75) is 39.2 Å². The second kappa shape index (κ2) is 8.90. The van der Waals surface area contributed by atoms with Crippen LogP contribution in [0.4, 0.5) is 0 Å². The third-order valence-electron chi connectivity index (χ3n) is 5.21. The largest absolute Gasteiger partial charge is 0.356 e. The van der Waals surface area contributed by atoms with Gasteiger partial charge in [-0.3, -0.25) is 14.2 Å². The highest BCUT2D eigenvalue weighted by Crippen LogP contribution is 2.12. The minimum absolute atomic E-state index is 0.00255. The molecule has 0 spiro atoms. The van der Waals surface area contributed by atoms with Crippen molar-refractivity contribution in [3.8, 4) is 0 Å². The number of imidazole rings is 1. The average Bonchev–Trinajstić information content (AvgIpc) is 3.16. The van der Waals surface area contributed by atoms with Gasteiger partial charge in [0.15, 0.2) is 0 Å². The fraction of sp³-hybridized carbons (Fsp3) is 0.304. The lowest BCUT2D eigenvalue weighted by Crippen LogP contribution is -2.26. The third-order valence-corrected chi connectivity index (χ3v) is 5.21. The van der Waals surface area contributed by atoms with Crippen molar-refractivity contribution in [3.05, 3.63) is 70.5 Å². The molecule has 0 unspecified atom stereocenters. The molecule has 154 valence electrons. The van der Waals surface area contributed by atoms with Crippen molar-refractivity contribution < 1.29 is 4.79 Å². The fourth-order valence-corrected chi connectivity index (χ4v) is 3.60. The summed E-state index contributed by atoms with van der Waals surface area (Å²) in [7, 11) is 0. The van der Waals surface area contributed by atoms with Crippen LogP contribution in [0.25, 0.3) is 21.9 Å². The maximum Gasteiger partial charge on any atom is 0.261 e. The number of para-hydroxylation sites is 3. The Hall–Kier alpha value is -3.48. The molecular weight excluding hydrogens is 378 g/mol. The van der Waals surface area contributed by atoms with Crippen LogP contribution in [0.5, 0.6) is 0 Å². The van der Waals surface area contributed by atoms with Gasteiger partial charge in [-0.1, -0.05) is 24.3 Å². The van der Waals surface area contributed by atoms with Gasteiger partial charge in [-0.05, 0) is 43.5 Å². The molecule has 7 nitrogen and oxygen atoms in total. The number of carbonyl (C=O) groups is 1. The first kappa shape index (κ1) is 19.8. The van der Waals surface area contributed by atoms with E-state index in [0.29, 0.717) is 31.3 Å². The minimum Gasteiger partial charge on any atom is -0.356 e. The molecule has 7 heteroatoms. The zero-order valence-corrected chi connectivity index (χ0v) is 17.0. The summed E-state index contributed by atoms with van der Waals surface area (Å²) in [6, 6.07) is 13.5. The number of hydrogen-bond donors (Lipinski definition) is 2. The maximum absolute atomic E-state index is 12.6. The number of hydrogen-bond acceptors (Lipinski definition) is 4. The second-order valence-corrected chi connectivity index (χ2v) is 7.47. The normalized spacial score (nSPS) is 11.2. The molecule has 2 aromatic carbocycles. The van der Waals surface area contributed by atoms with Crippen molar-refractivity contribution in [1.29, 1.82) is 0 Å². The van der Waals surface area contributed by atoms with Gasteiger partial charge in [0.05, 0.1) is 28.3 Å². The molecule has 2 aromatic heterocycles. The van der Waals surface area contributed by atoms with E-state index >= 15 is 0 Å². The molecule has 4 rings (SSSR count). The molecule has 0 atom stereocenters. The van der Waals surface area contributed by atoms with Gasteiger partial charge in [0.1, 0.15) is 5.82 Å². The molecule has 30 heavy (non-hydrogen) atoms. The van der Waals surface area contributed by atoms with Crippen LogP contribution in [0.1, 0.15) is 30.7 Å². The Morgan fingerprint density at radius 2 is 2.00 bits per heavy atom. The first-order valence-electron chi connectivity index (χ1n) is 10.3. The van der Waals surface area contributed by atoms with E-state index in [0.717, 1.165) is 40.8 Å². The number of fused-ring (bicyclic) bond motifs is 2. The second-order valence-electron chi connectivity index (χ2n) is 7.47. The van der Waals surface area contributed by atoms with Crippen LogP contribution in [0.15, 0.2) is 53.6 Å². The summed E-state index contributed by atoms with van der Waals surface area (Å²) in [5.74, 6) is 0.932. The lowest BCUT2D eigenvalue weighted by atomic mass is 10.1. The topological polar surface area (TPSA) is 92.7 Å². The number of benzene rings is 2. The predicted octanol–water partition coefficient (Wildman–Crippen LogP) is 3.11. The first-order valence-corrected chi connectivity index (χ1v) is 10.3. The molecule has 0 saturated carbocycles. The maximum atomic E-state index is 12.6. The Morgan fingerprint density at radius 3 is 2.87 bits per heavy atom. The Labute approximate surface area is 174 Å². The molecule has 0 aliphatic heterocycles. The van der Waals surface area contributed by atoms with Crippen molar-refractivity contribution in [2.24, 2.45) is 0 Å². The Morgan fingerprint density at radius 1 is 1.13 bits per heavy atom. The highest BCUT2D eigenvalue weighted by atomic mass is 16.1. The van der Waals surface area contributed by atoms with Crippen molar-refractivity contribution >= 4 is 27.8 Å². The quantitative estimate of drug-likeness (QED) is 0.442. The van der Waals surface area contributed by atoms with Gasteiger partial charge in [-0.25, -0.2) is 9.97 Å². The van der Waals surface area contributed by atoms with Crippen LogP contribution in [0.2, 0.25) is 0 Å². The molecule has 0 aliphatic rings. The molecule has 0 fully saturated rings. The van der Waals surface area contributed by atoms with Crippen LogP contribution < -0.4 is 10.9 Å². The molecule has 4 aromatic rings. The Kier molecular flexibility index (Phi) is 5.88. The SMILES string of the molecule is Cc1cccc2c(=O)n(CCCC(=O)NCCCc3nc4ccccc4[nH]3)cnc12. The number of aromatic nitrogens is 4. The Bertz CT molecular complexity index is 1210. The van der Waals surface area contributed by atoms with E-state index in [2.05, 4.69) is 20.3 Å². The summed E-state index contributed by atoms with van der Waals surface area (Å²) in [6.45, 7) is 3.02. The monoisotopic (exact) mass is 403 g/mol. The number of rotatable bonds is 8. The van der Waals surface area contributed by atoms with E-state index in [1.165, 1.54) is 0 Å². The molecular formula is C23H25N5O2. The number of carbonyl (C=O) groups excluding carboxylic acids is 1. The van der Waals surface area contributed by atoms with Crippen molar-refractivity contribution in [2.75, 3.05) is 6.54 Å². The van der Waals surface area contributed by atoms with E-state index < -0.39 is 0 Å². The molecule has 1 amide bonds. The summed E-state index contributed by atoms with van der Waals surface area (Å²) in [5, 5.41) is 3.56. The summed E-state index contributed by atoms with van der Waals surface area (Å²) in [5.41, 5.74) is 3.66. The minimum atomic E-state index is -0.0602. The molecule has 0 bridgehead atoms. The molecule has 0 radical (unpaired) electrons. The Balaban J connectivity index is 1.21. The number of H-pyrrole nitrogens is 1. The predicted molar refractivity (Wildman–Crippen MR) is 117 cm³/mol. The van der Waals surface area contributed by atoms with Gasteiger partial charge < -0.3 is 10.3 Å². The third kappa shape index (κ3) is 4.40. The highest BCUT2D eigenvalue weighted by Gasteiger charge is 2.07. The molecule has 2 N–H and O–H groups in total. The van der Waals surface area contributed by atoms with Crippen LogP contribution >= 0.6 is 0 Å². The van der Waals surface area contributed by atoms with Gasteiger partial charge in [-0.2, -0.15) is 0 Å². The molecule has 0 aliphatic carbocycles. The average molecular weight is 403 g/mol. The lowest BCUT2D eigenvalue weighted by molar-refractivity contribution is -0.121. The molecule has 2 heterocycles. The summed E-state index contributed by atoms with van der Waals surface area (Å²) >= 11 is 0. The molecule has 0 saturated heterocycles. The summed E-state index contributed by atoms with van der Waals surface area (Å²) in [4.78, 5) is 36.9. The van der Waals surface area contributed by atoms with Gasteiger partial charge >= 0.3 is 0 Å².